The molecular weight excluding hydrogens is 204 g/mol. The molecule has 1 rings (SSSR count). The van der Waals surface area contributed by atoms with Gasteiger partial charge >= 0.3 is 0 Å². The number of nitrogens with one attached hydrogen (secondary N) is 1. The van der Waals surface area contributed by atoms with E-state index >= 15 is 0 Å². The molecule has 5 nitrogen and oxygen atoms in total. The molecule has 1 aromatic rings. The number of aromatic nitrogens is 2. The topological polar surface area (TPSA) is 84.1 Å². The standard InChI is InChI=1S/C11H20N4O/c1-11(2,3)4-9(16)7-15-10-13-5-8(12)6-14-10/h5-6,9,16H,4,7,12H2,1-3H3,(H,13,14,15). The molecule has 0 saturated heterocycles. The Morgan fingerprint density at radius 2 is 1.94 bits per heavy atom. The summed E-state index contributed by atoms with van der Waals surface area (Å²) in [4.78, 5) is 7.98. The van der Waals surface area contributed by atoms with E-state index in [-0.39, 0.29) is 5.41 Å². The molecule has 0 bridgehead atoms. The van der Waals surface area contributed by atoms with Gasteiger partial charge in [-0.05, 0) is 11.8 Å². The van der Waals surface area contributed by atoms with Crippen molar-refractivity contribution in [3.63, 3.8) is 0 Å². The van der Waals surface area contributed by atoms with Gasteiger partial charge < -0.3 is 16.2 Å². The van der Waals surface area contributed by atoms with Crippen LogP contribution in [0.4, 0.5) is 11.6 Å². The summed E-state index contributed by atoms with van der Waals surface area (Å²) < 4.78 is 0. The number of nitrogen functional groups attached to an aromatic ring is 1. The van der Waals surface area contributed by atoms with Gasteiger partial charge in [-0.1, -0.05) is 20.8 Å². The molecule has 0 amide bonds. The lowest BCUT2D eigenvalue weighted by molar-refractivity contribution is 0.132. The number of hydrogen-bond acceptors (Lipinski definition) is 5. The van der Waals surface area contributed by atoms with Gasteiger partial charge in [-0.15, -0.1) is 0 Å². The summed E-state index contributed by atoms with van der Waals surface area (Å²) in [7, 11) is 0. The molecular formula is C11H20N4O. The highest BCUT2D eigenvalue weighted by Crippen LogP contribution is 2.20. The Hall–Kier alpha value is -1.36. The number of nitrogens with two attached hydrogens (primary N) is 1. The zero-order valence-corrected chi connectivity index (χ0v) is 10.1. The van der Waals surface area contributed by atoms with Crippen LogP contribution in [0.5, 0.6) is 0 Å². The van der Waals surface area contributed by atoms with Crippen LogP contribution < -0.4 is 11.1 Å². The predicted molar refractivity (Wildman–Crippen MR) is 65.0 cm³/mol. The quantitative estimate of drug-likeness (QED) is 0.717. The summed E-state index contributed by atoms with van der Waals surface area (Å²) in [5.74, 6) is 0.488. The van der Waals surface area contributed by atoms with Crippen LogP contribution in [-0.4, -0.2) is 27.7 Å². The van der Waals surface area contributed by atoms with E-state index in [1.54, 1.807) is 0 Å². The highest BCUT2D eigenvalue weighted by atomic mass is 16.3. The van der Waals surface area contributed by atoms with E-state index in [1.807, 2.05) is 0 Å². The Morgan fingerprint density at radius 1 is 1.38 bits per heavy atom. The van der Waals surface area contributed by atoms with Crippen molar-refractivity contribution in [2.75, 3.05) is 17.6 Å². The minimum Gasteiger partial charge on any atom is -0.396 e. The maximum absolute atomic E-state index is 9.76. The Balaban J connectivity index is 2.37. The van der Waals surface area contributed by atoms with E-state index in [1.165, 1.54) is 12.4 Å². The largest absolute Gasteiger partial charge is 0.396 e. The molecule has 5 heteroatoms. The van der Waals surface area contributed by atoms with Gasteiger partial charge in [-0.25, -0.2) is 9.97 Å². The molecule has 0 saturated carbocycles. The number of nitrogens with zero attached hydrogens (tertiary/aromatic N) is 2. The third-order valence-electron chi connectivity index (χ3n) is 2.02. The molecule has 1 unspecified atom stereocenters. The van der Waals surface area contributed by atoms with Crippen molar-refractivity contribution in [3.05, 3.63) is 12.4 Å². The smallest absolute Gasteiger partial charge is 0.222 e. The maximum atomic E-state index is 9.76. The van der Waals surface area contributed by atoms with E-state index < -0.39 is 6.10 Å². The summed E-state index contributed by atoms with van der Waals surface area (Å²) in [6, 6.07) is 0. The second-order valence-electron chi connectivity index (χ2n) is 5.14. The second-order valence-corrected chi connectivity index (χ2v) is 5.14. The molecule has 0 spiro atoms. The number of rotatable bonds is 4. The van der Waals surface area contributed by atoms with Crippen LogP contribution in [-0.2, 0) is 0 Å². The van der Waals surface area contributed by atoms with Gasteiger partial charge in [0.1, 0.15) is 0 Å². The average molecular weight is 224 g/mol. The van der Waals surface area contributed by atoms with Crippen molar-refractivity contribution >= 4 is 11.6 Å². The first-order valence-corrected chi connectivity index (χ1v) is 5.36. The molecule has 1 heterocycles. The van der Waals surface area contributed by atoms with Crippen LogP contribution in [0.2, 0.25) is 0 Å². The lowest BCUT2D eigenvalue weighted by Crippen LogP contribution is -2.25. The zero-order valence-electron chi connectivity index (χ0n) is 10.1. The number of aliphatic hydroxyl groups excluding tert-OH is 1. The zero-order chi connectivity index (χ0) is 12.2. The molecule has 0 fully saturated rings. The maximum Gasteiger partial charge on any atom is 0.222 e. The predicted octanol–water partition coefficient (Wildman–Crippen LogP) is 1.27. The molecule has 90 valence electrons. The molecule has 0 aliphatic carbocycles. The van der Waals surface area contributed by atoms with Gasteiger partial charge in [-0.3, -0.25) is 0 Å². The fourth-order valence-corrected chi connectivity index (χ4v) is 1.42. The Kier molecular flexibility index (Phi) is 4.06. The summed E-state index contributed by atoms with van der Waals surface area (Å²) in [6.07, 6.45) is 3.40. The molecule has 0 aromatic carbocycles. The minimum absolute atomic E-state index is 0.114. The Labute approximate surface area is 96.1 Å². The summed E-state index contributed by atoms with van der Waals surface area (Å²) >= 11 is 0. The van der Waals surface area contributed by atoms with Gasteiger partial charge in [0.25, 0.3) is 0 Å². The van der Waals surface area contributed by atoms with Crippen LogP contribution in [0.1, 0.15) is 27.2 Å². The lowest BCUT2D eigenvalue weighted by Gasteiger charge is -2.22. The van der Waals surface area contributed by atoms with Crippen LogP contribution in [0.15, 0.2) is 12.4 Å². The third-order valence-corrected chi connectivity index (χ3v) is 2.02. The van der Waals surface area contributed by atoms with Crippen LogP contribution in [0, 0.1) is 5.41 Å². The molecule has 0 aliphatic heterocycles. The van der Waals surface area contributed by atoms with Gasteiger partial charge in [-0.2, -0.15) is 0 Å². The Bertz CT molecular complexity index is 318. The first kappa shape index (κ1) is 12.7. The van der Waals surface area contributed by atoms with Crippen LogP contribution in [0.25, 0.3) is 0 Å². The van der Waals surface area contributed by atoms with Crippen LogP contribution >= 0.6 is 0 Å². The van der Waals surface area contributed by atoms with E-state index in [4.69, 9.17) is 5.73 Å². The Morgan fingerprint density at radius 3 is 2.44 bits per heavy atom. The van der Waals surface area contributed by atoms with Crippen molar-refractivity contribution in [2.45, 2.75) is 33.3 Å². The first-order valence-electron chi connectivity index (χ1n) is 5.36. The highest BCUT2D eigenvalue weighted by molar-refractivity contribution is 5.35. The van der Waals surface area contributed by atoms with E-state index in [9.17, 15) is 5.11 Å². The lowest BCUT2D eigenvalue weighted by atomic mass is 9.89. The molecule has 16 heavy (non-hydrogen) atoms. The van der Waals surface area contributed by atoms with Crippen molar-refractivity contribution in [3.8, 4) is 0 Å². The summed E-state index contributed by atoms with van der Waals surface area (Å²) in [5, 5.41) is 12.7. The van der Waals surface area contributed by atoms with Gasteiger partial charge in [0, 0.05) is 6.54 Å². The molecule has 0 radical (unpaired) electrons. The van der Waals surface area contributed by atoms with Gasteiger partial charge in [0.2, 0.25) is 5.95 Å². The van der Waals surface area contributed by atoms with E-state index in [2.05, 4.69) is 36.1 Å². The fraction of sp³-hybridized carbons (Fsp3) is 0.636. The number of aliphatic hydroxyl groups is 1. The minimum atomic E-state index is -0.402. The van der Waals surface area contributed by atoms with Crippen molar-refractivity contribution in [1.82, 2.24) is 9.97 Å². The summed E-state index contributed by atoms with van der Waals surface area (Å²) in [5.41, 5.74) is 6.11. The number of anilines is 2. The van der Waals surface area contributed by atoms with Crippen molar-refractivity contribution < 1.29 is 5.11 Å². The van der Waals surface area contributed by atoms with Crippen molar-refractivity contribution in [1.29, 1.82) is 0 Å². The normalized spacial score (nSPS) is 13.5. The monoisotopic (exact) mass is 224 g/mol. The van der Waals surface area contributed by atoms with E-state index in [0.717, 1.165) is 6.42 Å². The van der Waals surface area contributed by atoms with Gasteiger partial charge in [0.05, 0.1) is 24.2 Å². The molecule has 4 N–H and O–H groups in total. The fourth-order valence-electron chi connectivity index (χ4n) is 1.42. The third kappa shape index (κ3) is 4.93. The average Bonchev–Trinajstić information content (AvgIpc) is 2.14. The van der Waals surface area contributed by atoms with Crippen molar-refractivity contribution in [2.24, 2.45) is 5.41 Å². The van der Waals surface area contributed by atoms with Crippen LogP contribution in [0.3, 0.4) is 0 Å². The highest BCUT2D eigenvalue weighted by Gasteiger charge is 2.16. The molecule has 0 aliphatic rings. The number of hydrogen-bond donors (Lipinski definition) is 3. The first-order chi connectivity index (χ1) is 7.37. The SMILES string of the molecule is CC(C)(C)CC(O)CNc1ncc(N)cn1. The van der Waals surface area contributed by atoms with E-state index in [0.29, 0.717) is 18.2 Å². The van der Waals surface area contributed by atoms with Gasteiger partial charge in [0.15, 0.2) is 0 Å². The molecule has 1 aromatic heterocycles. The second kappa shape index (κ2) is 5.12. The molecule has 1 atom stereocenters. The summed E-state index contributed by atoms with van der Waals surface area (Å²) in [6.45, 7) is 6.73.